The second kappa shape index (κ2) is 8.16. The van der Waals surface area contributed by atoms with E-state index >= 15 is 0 Å². The highest BCUT2D eigenvalue weighted by Crippen LogP contribution is 2.47. The van der Waals surface area contributed by atoms with Crippen LogP contribution < -0.4 is 0 Å². The summed E-state index contributed by atoms with van der Waals surface area (Å²) in [5, 5.41) is 0. The molecule has 2 amide bonds. The van der Waals surface area contributed by atoms with Gasteiger partial charge in [-0.25, -0.2) is 0 Å². The Hall–Kier alpha value is -2.18. The van der Waals surface area contributed by atoms with Gasteiger partial charge in [0.25, 0.3) is 0 Å². The van der Waals surface area contributed by atoms with E-state index in [4.69, 9.17) is 4.74 Å². The van der Waals surface area contributed by atoms with Crippen LogP contribution in [0.3, 0.4) is 0 Å². The van der Waals surface area contributed by atoms with Crippen molar-refractivity contribution in [3.05, 3.63) is 46.8 Å². The van der Waals surface area contributed by atoms with Crippen molar-refractivity contribution in [2.75, 3.05) is 32.8 Å². The lowest BCUT2D eigenvalue weighted by atomic mass is 9.85. The normalized spacial score (nSPS) is 21.0. The van der Waals surface area contributed by atoms with Crippen molar-refractivity contribution < 1.29 is 14.3 Å². The van der Waals surface area contributed by atoms with Crippen LogP contribution in [-0.2, 0) is 26.3 Å². The first-order valence-electron chi connectivity index (χ1n) is 11.0. The van der Waals surface area contributed by atoms with E-state index in [0.717, 1.165) is 38.7 Å². The molecule has 30 heavy (non-hydrogen) atoms. The maximum absolute atomic E-state index is 12.8. The molecule has 0 saturated carbocycles. The number of hydrogen-bond donors (Lipinski definition) is 0. The molecule has 0 aliphatic carbocycles. The summed E-state index contributed by atoms with van der Waals surface area (Å²) in [5.41, 5.74) is 2.40. The number of amides is 2. The molecule has 5 nitrogen and oxygen atoms in total. The number of rotatable bonds is 3. The van der Waals surface area contributed by atoms with E-state index in [0.29, 0.717) is 26.1 Å². The Bertz CT molecular complexity index is 931. The van der Waals surface area contributed by atoms with Crippen LogP contribution in [0.15, 0.2) is 36.4 Å². The second-order valence-corrected chi connectivity index (χ2v) is 9.63. The van der Waals surface area contributed by atoms with Crippen molar-refractivity contribution >= 4 is 23.2 Å². The van der Waals surface area contributed by atoms with Gasteiger partial charge in [-0.3, -0.25) is 9.59 Å². The van der Waals surface area contributed by atoms with Crippen molar-refractivity contribution in [3.8, 4) is 10.4 Å². The summed E-state index contributed by atoms with van der Waals surface area (Å²) in [6.07, 6.45) is 5.14. The van der Waals surface area contributed by atoms with Crippen molar-refractivity contribution in [2.24, 2.45) is 0 Å². The molecular weight excluding hydrogens is 396 g/mol. The number of piperidine rings is 2. The van der Waals surface area contributed by atoms with E-state index in [1.54, 1.807) is 4.90 Å². The van der Waals surface area contributed by atoms with Gasteiger partial charge in [0.2, 0.25) is 11.8 Å². The monoisotopic (exact) mass is 424 g/mol. The largest absolute Gasteiger partial charge is 0.369 e. The Balaban J connectivity index is 1.29. The fourth-order valence-corrected chi connectivity index (χ4v) is 6.36. The highest BCUT2D eigenvalue weighted by Gasteiger charge is 2.43. The van der Waals surface area contributed by atoms with E-state index in [9.17, 15) is 9.59 Å². The molecule has 158 valence electrons. The Labute approximate surface area is 181 Å². The number of thiophene rings is 1. The molecule has 3 aliphatic rings. The topological polar surface area (TPSA) is 49.9 Å². The summed E-state index contributed by atoms with van der Waals surface area (Å²) in [6, 6.07) is 12.9. The van der Waals surface area contributed by atoms with Crippen LogP contribution in [0, 0.1) is 0 Å². The number of hydrogen-bond acceptors (Lipinski definition) is 4. The van der Waals surface area contributed by atoms with Crippen LogP contribution in [0.5, 0.6) is 0 Å². The molecule has 2 saturated heterocycles. The van der Waals surface area contributed by atoms with Crippen molar-refractivity contribution in [1.29, 1.82) is 0 Å². The molecule has 3 aliphatic heterocycles. The van der Waals surface area contributed by atoms with Gasteiger partial charge in [-0.1, -0.05) is 30.3 Å². The molecular formula is C24H28N2O3S. The quantitative estimate of drug-likeness (QED) is 0.753. The lowest BCUT2D eigenvalue weighted by Crippen LogP contribution is -2.51. The van der Waals surface area contributed by atoms with Gasteiger partial charge in [0.1, 0.15) is 5.60 Å². The van der Waals surface area contributed by atoms with Crippen LogP contribution in [0.4, 0.5) is 0 Å². The molecule has 5 rings (SSSR count). The predicted molar refractivity (Wildman–Crippen MR) is 117 cm³/mol. The number of benzene rings is 1. The van der Waals surface area contributed by atoms with Gasteiger partial charge in [-0.15, -0.1) is 11.3 Å². The van der Waals surface area contributed by atoms with E-state index in [1.807, 2.05) is 22.3 Å². The molecule has 0 N–H and O–H groups in total. The zero-order valence-corrected chi connectivity index (χ0v) is 18.1. The second-order valence-electron chi connectivity index (χ2n) is 8.58. The third-order valence-corrected chi connectivity index (χ3v) is 8.11. The van der Waals surface area contributed by atoms with Crippen LogP contribution in [0.1, 0.15) is 42.5 Å². The third-order valence-electron chi connectivity index (χ3n) is 6.70. The summed E-state index contributed by atoms with van der Waals surface area (Å²) in [7, 11) is 0. The van der Waals surface area contributed by atoms with Gasteiger partial charge < -0.3 is 14.5 Å². The molecule has 2 fully saturated rings. The highest BCUT2D eigenvalue weighted by molar-refractivity contribution is 7.15. The summed E-state index contributed by atoms with van der Waals surface area (Å²) in [4.78, 5) is 31.2. The fourth-order valence-electron chi connectivity index (χ4n) is 4.95. The zero-order valence-electron chi connectivity index (χ0n) is 17.3. The Morgan fingerprint density at radius 2 is 1.87 bits per heavy atom. The maximum atomic E-state index is 12.8. The highest BCUT2D eigenvalue weighted by atomic mass is 32.1. The average Bonchev–Trinajstić information content (AvgIpc) is 3.23. The Morgan fingerprint density at radius 3 is 2.63 bits per heavy atom. The number of likely N-dealkylation sites (tertiary alicyclic amines) is 2. The van der Waals surface area contributed by atoms with Gasteiger partial charge in [-0.05, 0) is 49.3 Å². The molecule has 1 aromatic heterocycles. The summed E-state index contributed by atoms with van der Waals surface area (Å²) in [6.45, 7) is 3.08. The van der Waals surface area contributed by atoms with E-state index in [2.05, 4.69) is 30.3 Å². The smallest absolute Gasteiger partial charge is 0.242 e. The summed E-state index contributed by atoms with van der Waals surface area (Å²) in [5.74, 6) is 0.197. The summed E-state index contributed by atoms with van der Waals surface area (Å²) < 4.78 is 6.39. The summed E-state index contributed by atoms with van der Waals surface area (Å²) >= 11 is 1.85. The molecule has 4 heterocycles. The molecule has 0 unspecified atom stereocenters. The standard InChI is InChI=1S/C24H28N2O3S/c27-21-8-4-5-12-26(21)17-22(28)25-13-10-24(11-14-25)23-19(9-15-29-24)16-20(30-23)18-6-2-1-3-7-18/h1-3,6-7,16H,4-5,8-15,17H2. The first kappa shape index (κ1) is 19.8. The van der Waals surface area contributed by atoms with Crippen LogP contribution in [-0.4, -0.2) is 54.4 Å². The molecule has 0 atom stereocenters. The van der Waals surface area contributed by atoms with E-state index in [1.165, 1.54) is 20.9 Å². The SMILES string of the molecule is O=C(CN1CCCCC1=O)N1CCC2(CC1)OCCc1cc(-c3ccccc3)sc12. The predicted octanol–water partition coefficient (Wildman–Crippen LogP) is 3.82. The van der Waals surface area contributed by atoms with Crippen LogP contribution in [0.25, 0.3) is 10.4 Å². The molecule has 6 heteroatoms. The van der Waals surface area contributed by atoms with Gasteiger partial charge >= 0.3 is 0 Å². The van der Waals surface area contributed by atoms with Crippen molar-refractivity contribution in [2.45, 2.75) is 44.1 Å². The minimum Gasteiger partial charge on any atom is -0.369 e. The van der Waals surface area contributed by atoms with Gasteiger partial charge in [-0.2, -0.15) is 0 Å². The number of ether oxygens (including phenoxy) is 1. The van der Waals surface area contributed by atoms with Gasteiger partial charge in [0.05, 0.1) is 13.2 Å². The number of fused-ring (bicyclic) bond motifs is 2. The molecule has 0 radical (unpaired) electrons. The zero-order chi connectivity index (χ0) is 20.6. The van der Waals surface area contributed by atoms with E-state index < -0.39 is 0 Å². The maximum Gasteiger partial charge on any atom is 0.242 e. The average molecular weight is 425 g/mol. The number of carbonyl (C=O) groups is 2. The Morgan fingerprint density at radius 1 is 1.07 bits per heavy atom. The molecule has 0 bridgehead atoms. The first-order chi connectivity index (χ1) is 14.6. The number of carbonyl (C=O) groups excluding carboxylic acids is 2. The van der Waals surface area contributed by atoms with Gasteiger partial charge in [0, 0.05) is 35.8 Å². The minimum absolute atomic E-state index is 0.0762. The first-order valence-corrected chi connectivity index (χ1v) is 11.8. The van der Waals surface area contributed by atoms with Crippen LogP contribution >= 0.6 is 11.3 Å². The van der Waals surface area contributed by atoms with Crippen molar-refractivity contribution in [1.82, 2.24) is 9.80 Å². The molecule has 1 spiro atoms. The number of nitrogens with zero attached hydrogens (tertiary/aromatic N) is 2. The fraction of sp³-hybridized carbons (Fsp3) is 0.500. The van der Waals surface area contributed by atoms with Gasteiger partial charge in [0.15, 0.2) is 0 Å². The molecule has 1 aromatic carbocycles. The van der Waals surface area contributed by atoms with E-state index in [-0.39, 0.29) is 24.0 Å². The Kier molecular flexibility index (Phi) is 5.37. The van der Waals surface area contributed by atoms with Crippen molar-refractivity contribution in [3.63, 3.8) is 0 Å². The lowest BCUT2D eigenvalue weighted by Gasteiger charge is -2.44. The minimum atomic E-state index is -0.261. The van der Waals surface area contributed by atoms with Crippen LogP contribution in [0.2, 0.25) is 0 Å². The third kappa shape index (κ3) is 3.67. The molecule has 2 aromatic rings. The lowest BCUT2D eigenvalue weighted by molar-refractivity contribution is -0.147.